The van der Waals surface area contributed by atoms with Crippen LogP contribution in [0.15, 0.2) is 25.0 Å². The maximum Gasteiger partial charge on any atom is 0.326 e. The second-order valence-electron chi connectivity index (χ2n) is 8.50. The molecule has 0 spiro atoms. The van der Waals surface area contributed by atoms with Crippen molar-refractivity contribution in [2.24, 2.45) is 11.7 Å². The second-order valence-corrected chi connectivity index (χ2v) is 8.87. The molecule has 2 heterocycles. The molecule has 2 aromatic rings. The fourth-order valence-electron chi connectivity index (χ4n) is 3.27. The number of carboxylic acids is 1. The van der Waals surface area contributed by atoms with E-state index in [2.05, 4.69) is 48.5 Å². The molecule has 0 radical (unpaired) electrons. The van der Waals surface area contributed by atoms with Gasteiger partial charge in [-0.15, -0.1) is 0 Å². The van der Waals surface area contributed by atoms with Crippen LogP contribution in [0.3, 0.4) is 0 Å². The van der Waals surface area contributed by atoms with Crippen LogP contribution in [0.1, 0.15) is 31.7 Å². The van der Waals surface area contributed by atoms with Gasteiger partial charge in [0.2, 0.25) is 17.7 Å². The number of thiol groups is 1. The topological polar surface area (TPSA) is 208 Å². The van der Waals surface area contributed by atoms with Crippen LogP contribution in [-0.2, 0) is 32.0 Å². The molecule has 2 aromatic heterocycles. The van der Waals surface area contributed by atoms with Gasteiger partial charge in [0.25, 0.3) is 0 Å². The Bertz CT molecular complexity index is 967. The standard InChI is InChI=1S/C21H32N8O5S/c1-11(2)3-14(22)18(30)29-17(8-35)20(32)27-15(4-12-6-23-9-25-12)19(31)28-16(21(33)34)5-13-7-24-10-26-13/h6-7,9-11,14-17,35H,3-5,8,22H2,1-2H3,(H,23,25)(H,24,26)(H,27,32)(H,28,31)(H,29,30)(H,33,34). The van der Waals surface area contributed by atoms with Gasteiger partial charge >= 0.3 is 5.97 Å². The van der Waals surface area contributed by atoms with E-state index in [1.807, 2.05) is 13.8 Å². The zero-order chi connectivity index (χ0) is 26.0. The lowest BCUT2D eigenvalue weighted by atomic mass is 10.0. The molecule has 4 atom stereocenters. The van der Waals surface area contributed by atoms with Crippen molar-refractivity contribution in [2.45, 2.75) is 57.3 Å². The van der Waals surface area contributed by atoms with Crippen molar-refractivity contribution in [2.75, 3.05) is 5.75 Å². The van der Waals surface area contributed by atoms with Crippen LogP contribution >= 0.6 is 12.6 Å². The number of amides is 3. The van der Waals surface area contributed by atoms with Gasteiger partial charge in [-0.25, -0.2) is 14.8 Å². The number of carbonyl (C=O) groups excluding carboxylic acids is 3. The van der Waals surface area contributed by atoms with Gasteiger partial charge in [0, 0.05) is 42.4 Å². The maximum atomic E-state index is 13.0. The molecule has 4 unspecified atom stereocenters. The minimum absolute atomic E-state index is 0.00801. The first kappa shape index (κ1) is 27.9. The number of carbonyl (C=O) groups is 4. The number of hydrogen-bond acceptors (Lipinski definition) is 8. The number of nitrogens with zero attached hydrogens (tertiary/aromatic N) is 2. The van der Waals surface area contributed by atoms with Crippen LogP contribution in [0.4, 0.5) is 0 Å². The number of nitrogens with one attached hydrogen (secondary N) is 5. The molecular formula is C21H32N8O5S. The molecule has 0 aliphatic rings. The Morgan fingerprint density at radius 1 is 0.914 bits per heavy atom. The first-order chi connectivity index (χ1) is 16.6. The third-order valence-corrected chi connectivity index (χ3v) is 5.45. The Balaban J connectivity index is 2.11. The highest BCUT2D eigenvalue weighted by molar-refractivity contribution is 7.80. The van der Waals surface area contributed by atoms with Gasteiger partial charge in [0.05, 0.1) is 18.7 Å². The lowest BCUT2D eigenvalue weighted by molar-refractivity contribution is -0.142. The summed E-state index contributed by atoms with van der Waals surface area (Å²) in [5, 5.41) is 17.1. The quantitative estimate of drug-likeness (QED) is 0.144. The molecule has 0 aromatic carbocycles. The summed E-state index contributed by atoms with van der Waals surface area (Å²) in [5.41, 5.74) is 6.95. The number of H-pyrrole nitrogens is 2. The highest BCUT2D eigenvalue weighted by atomic mass is 32.1. The third-order valence-electron chi connectivity index (χ3n) is 5.08. The van der Waals surface area contributed by atoms with Crippen LogP contribution in [0.2, 0.25) is 0 Å². The molecule has 0 saturated heterocycles. The van der Waals surface area contributed by atoms with Gasteiger partial charge in [-0.3, -0.25) is 14.4 Å². The molecule has 13 nitrogen and oxygen atoms in total. The Hall–Kier alpha value is -3.39. The summed E-state index contributed by atoms with van der Waals surface area (Å²) in [6.45, 7) is 3.84. The van der Waals surface area contributed by atoms with Crippen molar-refractivity contribution in [1.29, 1.82) is 0 Å². The minimum atomic E-state index is -1.27. The van der Waals surface area contributed by atoms with Gasteiger partial charge in [-0.05, 0) is 12.3 Å². The molecule has 2 rings (SSSR count). The third kappa shape index (κ3) is 9.05. The SMILES string of the molecule is CC(C)CC(N)C(=O)NC(CS)C(=O)NC(Cc1cnc[nH]1)C(=O)NC(Cc1cnc[nH]1)C(=O)O. The summed E-state index contributed by atoms with van der Waals surface area (Å²) in [5.74, 6) is -2.99. The van der Waals surface area contributed by atoms with E-state index in [9.17, 15) is 24.3 Å². The van der Waals surface area contributed by atoms with E-state index in [0.29, 0.717) is 17.8 Å². The van der Waals surface area contributed by atoms with E-state index in [1.165, 1.54) is 25.0 Å². The lowest BCUT2D eigenvalue weighted by Crippen LogP contribution is -2.58. The first-order valence-electron chi connectivity index (χ1n) is 11.1. The Labute approximate surface area is 207 Å². The van der Waals surface area contributed by atoms with Gasteiger partial charge in [-0.2, -0.15) is 12.6 Å². The van der Waals surface area contributed by atoms with Gasteiger partial charge < -0.3 is 36.8 Å². The van der Waals surface area contributed by atoms with Crippen molar-refractivity contribution in [3.8, 4) is 0 Å². The summed E-state index contributed by atoms with van der Waals surface area (Å²) < 4.78 is 0. The molecule has 0 fully saturated rings. The fraction of sp³-hybridized carbons (Fsp3) is 0.524. The van der Waals surface area contributed by atoms with E-state index in [0.717, 1.165) is 0 Å². The molecule has 8 N–H and O–H groups in total. The average molecular weight is 509 g/mol. The van der Waals surface area contributed by atoms with Crippen molar-refractivity contribution in [3.05, 3.63) is 36.4 Å². The summed E-state index contributed by atoms with van der Waals surface area (Å²) in [4.78, 5) is 63.4. The molecular weight excluding hydrogens is 476 g/mol. The van der Waals surface area contributed by atoms with E-state index in [-0.39, 0.29) is 24.5 Å². The van der Waals surface area contributed by atoms with E-state index in [4.69, 9.17) is 5.73 Å². The van der Waals surface area contributed by atoms with Crippen LogP contribution in [0.25, 0.3) is 0 Å². The normalized spacial score (nSPS) is 14.5. The number of imidazole rings is 2. The van der Waals surface area contributed by atoms with Crippen LogP contribution < -0.4 is 21.7 Å². The van der Waals surface area contributed by atoms with Crippen molar-refractivity contribution >= 4 is 36.3 Å². The fourth-order valence-corrected chi connectivity index (χ4v) is 3.53. The van der Waals surface area contributed by atoms with Gasteiger partial charge in [-0.1, -0.05) is 13.8 Å². The summed E-state index contributed by atoms with van der Waals surface area (Å²) in [6.07, 6.45) is 6.16. The van der Waals surface area contributed by atoms with Crippen molar-refractivity contribution in [1.82, 2.24) is 35.9 Å². The first-order valence-corrected chi connectivity index (χ1v) is 11.7. The Kier molecular flexibility index (Phi) is 10.7. The molecule has 0 bridgehead atoms. The van der Waals surface area contributed by atoms with Crippen molar-refractivity contribution < 1.29 is 24.3 Å². The number of nitrogens with two attached hydrogens (primary N) is 1. The van der Waals surface area contributed by atoms with Crippen molar-refractivity contribution in [3.63, 3.8) is 0 Å². The van der Waals surface area contributed by atoms with Crippen LogP contribution in [0, 0.1) is 5.92 Å². The number of carboxylic acid groups (broad SMARTS) is 1. The Morgan fingerprint density at radius 3 is 1.86 bits per heavy atom. The molecule has 0 aliphatic heterocycles. The smallest absolute Gasteiger partial charge is 0.326 e. The number of aromatic amines is 2. The average Bonchev–Trinajstić information content (AvgIpc) is 3.49. The molecule has 192 valence electrons. The monoisotopic (exact) mass is 508 g/mol. The molecule has 0 aliphatic carbocycles. The van der Waals surface area contributed by atoms with E-state index in [1.54, 1.807) is 0 Å². The molecule has 0 saturated carbocycles. The highest BCUT2D eigenvalue weighted by Gasteiger charge is 2.30. The number of hydrogen-bond donors (Lipinski definition) is 8. The summed E-state index contributed by atoms with van der Waals surface area (Å²) >= 11 is 4.14. The predicted octanol–water partition coefficient (Wildman–Crippen LogP) is -1.24. The largest absolute Gasteiger partial charge is 0.480 e. The second kappa shape index (κ2) is 13.5. The van der Waals surface area contributed by atoms with E-state index < -0.39 is 47.9 Å². The predicted molar refractivity (Wildman–Crippen MR) is 129 cm³/mol. The van der Waals surface area contributed by atoms with Crippen LogP contribution in [-0.4, -0.2) is 78.7 Å². The lowest BCUT2D eigenvalue weighted by Gasteiger charge is -2.24. The van der Waals surface area contributed by atoms with Gasteiger partial charge in [0.15, 0.2) is 0 Å². The minimum Gasteiger partial charge on any atom is -0.480 e. The maximum absolute atomic E-state index is 13.0. The summed E-state index contributed by atoms with van der Waals surface area (Å²) in [6, 6.07) is -4.27. The number of aliphatic carboxylic acids is 1. The molecule has 3 amide bonds. The molecule has 14 heteroatoms. The zero-order valence-corrected chi connectivity index (χ0v) is 20.4. The Morgan fingerprint density at radius 2 is 1.40 bits per heavy atom. The van der Waals surface area contributed by atoms with Crippen LogP contribution in [0.5, 0.6) is 0 Å². The number of rotatable bonds is 14. The highest BCUT2D eigenvalue weighted by Crippen LogP contribution is 2.06. The van der Waals surface area contributed by atoms with Gasteiger partial charge in [0.1, 0.15) is 18.1 Å². The zero-order valence-electron chi connectivity index (χ0n) is 19.5. The summed E-state index contributed by atoms with van der Waals surface area (Å²) in [7, 11) is 0. The number of aromatic nitrogens is 4. The van der Waals surface area contributed by atoms with E-state index >= 15 is 0 Å². The molecule has 35 heavy (non-hydrogen) atoms.